The highest BCUT2D eigenvalue weighted by molar-refractivity contribution is 5.94. The van der Waals surface area contributed by atoms with E-state index in [-0.39, 0.29) is 5.91 Å². The van der Waals surface area contributed by atoms with E-state index in [0.717, 1.165) is 17.2 Å². The van der Waals surface area contributed by atoms with Crippen LogP contribution in [0.1, 0.15) is 16.1 Å². The van der Waals surface area contributed by atoms with Crippen molar-refractivity contribution in [2.45, 2.75) is 6.54 Å². The Bertz CT molecular complexity index is 848. The third kappa shape index (κ3) is 5.50. The van der Waals surface area contributed by atoms with E-state index in [9.17, 15) is 4.79 Å². The van der Waals surface area contributed by atoms with E-state index in [2.05, 4.69) is 15.6 Å². The first-order valence-corrected chi connectivity index (χ1v) is 8.51. The summed E-state index contributed by atoms with van der Waals surface area (Å²) in [6.45, 7) is 1.38. The molecule has 0 bridgehead atoms. The number of methoxy groups -OCH3 is 1. The summed E-state index contributed by atoms with van der Waals surface area (Å²) in [5, 5.41) is 5.98. The fourth-order valence-electron chi connectivity index (χ4n) is 2.38. The third-order valence-electron chi connectivity index (χ3n) is 3.76. The smallest absolute Gasteiger partial charge is 0.253 e. The number of nitrogens with one attached hydrogen (secondary N) is 2. The summed E-state index contributed by atoms with van der Waals surface area (Å²) in [5.74, 6) is 2.04. The number of benzene rings is 1. The Balaban J connectivity index is 1.44. The standard InChI is InChI=1S/C20H21N3O4/c1-25-17-4-6-18(7-5-17)27-10-8-22-16-11-15(12-21-13-16)20(24)23-14-19-3-2-9-26-19/h2-7,9,11-13,22H,8,10,14H2,1H3,(H,23,24). The molecule has 7 nitrogen and oxygen atoms in total. The largest absolute Gasteiger partial charge is 0.497 e. The van der Waals surface area contributed by atoms with Crippen LogP contribution in [0.4, 0.5) is 5.69 Å². The van der Waals surface area contributed by atoms with Crippen molar-refractivity contribution in [2.24, 2.45) is 0 Å². The van der Waals surface area contributed by atoms with Gasteiger partial charge in [0, 0.05) is 18.9 Å². The van der Waals surface area contributed by atoms with E-state index in [4.69, 9.17) is 13.9 Å². The predicted molar refractivity (Wildman–Crippen MR) is 101 cm³/mol. The van der Waals surface area contributed by atoms with Gasteiger partial charge in [-0.3, -0.25) is 9.78 Å². The molecule has 0 fully saturated rings. The normalized spacial score (nSPS) is 10.3. The highest BCUT2D eigenvalue weighted by Crippen LogP contribution is 2.17. The van der Waals surface area contributed by atoms with Crippen LogP contribution in [0.2, 0.25) is 0 Å². The fraction of sp³-hybridized carbons (Fsp3) is 0.200. The summed E-state index contributed by atoms with van der Waals surface area (Å²) in [5.41, 5.74) is 1.22. The number of furan rings is 1. The number of amides is 1. The fourth-order valence-corrected chi connectivity index (χ4v) is 2.38. The highest BCUT2D eigenvalue weighted by atomic mass is 16.5. The monoisotopic (exact) mass is 367 g/mol. The van der Waals surface area contributed by atoms with Gasteiger partial charge in [-0.25, -0.2) is 0 Å². The summed E-state index contributed by atoms with van der Waals surface area (Å²) in [6, 6.07) is 12.7. The third-order valence-corrected chi connectivity index (χ3v) is 3.76. The van der Waals surface area contributed by atoms with Crippen molar-refractivity contribution in [2.75, 3.05) is 25.6 Å². The quantitative estimate of drug-likeness (QED) is 0.565. The van der Waals surface area contributed by atoms with E-state index in [1.54, 1.807) is 37.8 Å². The molecule has 0 saturated heterocycles. The second-order valence-electron chi connectivity index (χ2n) is 5.68. The molecular formula is C20H21N3O4. The topological polar surface area (TPSA) is 85.6 Å². The first-order valence-electron chi connectivity index (χ1n) is 8.51. The van der Waals surface area contributed by atoms with Crippen molar-refractivity contribution >= 4 is 11.6 Å². The first-order chi connectivity index (χ1) is 13.2. The number of hydrogen-bond acceptors (Lipinski definition) is 6. The molecule has 1 aromatic carbocycles. The van der Waals surface area contributed by atoms with Crippen LogP contribution in [0.3, 0.4) is 0 Å². The maximum absolute atomic E-state index is 12.2. The number of anilines is 1. The molecule has 3 rings (SSSR count). The Hall–Kier alpha value is -3.48. The molecule has 0 aliphatic carbocycles. The minimum absolute atomic E-state index is 0.211. The Morgan fingerprint density at radius 2 is 1.96 bits per heavy atom. The Morgan fingerprint density at radius 1 is 1.15 bits per heavy atom. The van der Waals surface area contributed by atoms with Crippen molar-refractivity contribution in [3.05, 3.63) is 72.4 Å². The zero-order valence-corrected chi connectivity index (χ0v) is 15.0. The number of carbonyl (C=O) groups excluding carboxylic acids is 1. The van der Waals surface area contributed by atoms with Crippen LogP contribution >= 0.6 is 0 Å². The molecule has 0 spiro atoms. The average Bonchev–Trinajstić information content (AvgIpc) is 3.24. The van der Waals surface area contributed by atoms with Crippen molar-refractivity contribution in [3.63, 3.8) is 0 Å². The van der Waals surface area contributed by atoms with Gasteiger partial charge >= 0.3 is 0 Å². The van der Waals surface area contributed by atoms with Gasteiger partial charge in [-0.1, -0.05) is 0 Å². The number of carbonyl (C=O) groups is 1. The molecule has 0 atom stereocenters. The molecule has 2 N–H and O–H groups in total. The summed E-state index contributed by atoms with van der Waals surface area (Å²) in [6.07, 6.45) is 4.76. The van der Waals surface area contributed by atoms with Crippen LogP contribution < -0.4 is 20.1 Å². The second kappa shape index (κ2) is 9.28. The van der Waals surface area contributed by atoms with Crippen molar-refractivity contribution < 1.29 is 18.7 Å². The maximum atomic E-state index is 12.2. The number of hydrogen-bond donors (Lipinski definition) is 2. The van der Waals surface area contributed by atoms with Crippen LogP contribution in [0.15, 0.2) is 65.5 Å². The minimum atomic E-state index is -0.211. The number of rotatable bonds is 9. The van der Waals surface area contributed by atoms with Gasteiger partial charge in [0.15, 0.2) is 0 Å². The summed E-state index contributed by atoms with van der Waals surface area (Å²) < 4.78 is 16.0. The highest BCUT2D eigenvalue weighted by Gasteiger charge is 2.07. The number of nitrogens with zero attached hydrogens (tertiary/aromatic N) is 1. The lowest BCUT2D eigenvalue weighted by Gasteiger charge is -2.10. The zero-order valence-electron chi connectivity index (χ0n) is 15.0. The van der Waals surface area contributed by atoms with Gasteiger partial charge in [0.25, 0.3) is 5.91 Å². The van der Waals surface area contributed by atoms with Crippen molar-refractivity contribution in [1.82, 2.24) is 10.3 Å². The number of aromatic nitrogens is 1. The van der Waals surface area contributed by atoms with E-state index in [1.807, 2.05) is 24.3 Å². The molecule has 27 heavy (non-hydrogen) atoms. The lowest BCUT2D eigenvalue weighted by Crippen LogP contribution is -2.23. The predicted octanol–water partition coefficient (Wildman–Crippen LogP) is 3.10. The van der Waals surface area contributed by atoms with E-state index < -0.39 is 0 Å². The van der Waals surface area contributed by atoms with Gasteiger partial charge in [-0.15, -0.1) is 0 Å². The van der Waals surface area contributed by atoms with Gasteiger partial charge in [0.1, 0.15) is 23.9 Å². The van der Waals surface area contributed by atoms with Crippen molar-refractivity contribution in [1.29, 1.82) is 0 Å². The summed E-state index contributed by atoms with van der Waals surface area (Å²) in [4.78, 5) is 16.3. The van der Waals surface area contributed by atoms with Crippen LogP contribution in [0, 0.1) is 0 Å². The van der Waals surface area contributed by atoms with Crippen LogP contribution in [-0.2, 0) is 6.54 Å². The van der Waals surface area contributed by atoms with E-state index in [1.165, 1.54) is 6.20 Å². The van der Waals surface area contributed by atoms with Crippen LogP contribution in [-0.4, -0.2) is 31.2 Å². The molecule has 3 aromatic rings. The van der Waals surface area contributed by atoms with Gasteiger partial charge in [0.2, 0.25) is 0 Å². The van der Waals surface area contributed by atoms with Gasteiger partial charge in [-0.05, 0) is 42.5 Å². The first kappa shape index (κ1) is 18.3. The Labute approximate surface area is 157 Å². The molecular weight excluding hydrogens is 346 g/mol. The molecule has 0 unspecified atom stereocenters. The second-order valence-corrected chi connectivity index (χ2v) is 5.68. The summed E-state index contributed by atoms with van der Waals surface area (Å²) in [7, 11) is 1.62. The molecule has 2 aromatic heterocycles. The molecule has 2 heterocycles. The lowest BCUT2D eigenvalue weighted by atomic mass is 10.2. The lowest BCUT2D eigenvalue weighted by molar-refractivity contribution is 0.0947. The zero-order chi connectivity index (χ0) is 18.9. The van der Waals surface area contributed by atoms with Gasteiger partial charge in [-0.2, -0.15) is 0 Å². The van der Waals surface area contributed by atoms with E-state index >= 15 is 0 Å². The average molecular weight is 367 g/mol. The number of pyridine rings is 1. The van der Waals surface area contributed by atoms with Crippen LogP contribution in [0.25, 0.3) is 0 Å². The minimum Gasteiger partial charge on any atom is -0.497 e. The molecule has 1 amide bonds. The molecule has 0 aliphatic rings. The molecule has 0 saturated carbocycles. The Kier molecular flexibility index (Phi) is 6.30. The molecule has 7 heteroatoms. The van der Waals surface area contributed by atoms with Gasteiger partial charge < -0.3 is 24.5 Å². The molecule has 0 aliphatic heterocycles. The van der Waals surface area contributed by atoms with Crippen molar-refractivity contribution in [3.8, 4) is 11.5 Å². The van der Waals surface area contributed by atoms with Gasteiger partial charge in [0.05, 0.1) is 31.2 Å². The molecule has 0 radical (unpaired) electrons. The summed E-state index contributed by atoms with van der Waals surface area (Å²) >= 11 is 0. The SMILES string of the molecule is COc1ccc(OCCNc2cncc(C(=O)NCc3ccco3)c2)cc1. The maximum Gasteiger partial charge on any atom is 0.253 e. The number of ether oxygens (including phenoxy) is 2. The molecule has 140 valence electrons. The van der Waals surface area contributed by atoms with Crippen LogP contribution in [0.5, 0.6) is 11.5 Å². The Morgan fingerprint density at radius 3 is 2.70 bits per heavy atom. The van der Waals surface area contributed by atoms with E-state index in [0.29, 0.717) is 31.0 Å².